The fourth-order valence-electron chi connectivity index (χ4n) is 3.07. The molecule has 17 heavy (non-hydrogen) atoms. The molecule has 3 heteroatoms. The lowest BCUT2D eigenvalue weighted by Gasteiger charge is -2.25. The molecule has 3 nitrogen and oxygen atoms in total. The van der Waals surface area contributed by atoms with Crippen molar-refractivity contribution in [2.75, 3.05) is 13.2 Å². The van der Waals surface area contributed by atoms with Crippen molar-refractivity contribution in [2.24, 2.45) is 11.8 Å². The minimum Gasteiger partial charge on any atom is -0.381 e. The summed E-state index contributed by atoms with van der Waals surface area (Å²) in [6.07, 6.45) is 8.18. The number of rotatable bonds is 2. The van der Waals surface area contributed by atoms with Gasteiger partial charge in [0.15, 0.2) is 0 Å². The van der Waals surface area contributed by atoms with E-state index in [2.05, 4.69) is 22.7 Å². The first-order valence-electron chi connectivity index (χ1n) is 6.94. The normalized spacial score (nSPS) is 25.8. The highest BCUT2D eigenvalue weighted by Crippen LogP contribution is 2.25. The highest BCUT2D eigenvalue weighted by atomic mass is 16.5. The van der Waals surface area contributed by atoms with E-state index in [0.29, 0.717) is 0 Å². The van der Waals surface area contributed by atoms with Gasteiger partial charge in [0, 0.05) is 38.1 Å². The van der Waals surface area contributed by atoms with Gasteiger partial charge in [-0.3, -0.25) is 0 Å². The zero-order valence-corrected chi connectivity index (χ0v) is 10.7. The number of aromatic nitrogens is 2. The Balaban J connectivity index is 1.71. The van der Waals surface area contributed by atoms with E-state index < -0.39 is 0 Å². The summed E-state index contributed by atoms with van der Waals surface area (Å²) in [5, 5.41) is 0. The van der Waals surface area contributed by atoms with Crippen molar-refractivity contribution in [3.8, 4) is 0 Å². The second-order valence-corrected chi connectivity index (χ2v) is 5.68. The van der Waals surface area contributed by atoms with E-state index in [4.69, 9.17) is 4.74 Å². The van der Waals surface area contributed by atoms with Crippen molar-refractivity contribution < 1.29 is 4.74 Å². The van der Waals surface area contributed by atoms with Crippen LogP contribution in [0.4, 0.5) is 0 Å². The number of ether oxygens (including phenoxy) is 1. The van der Waals surface area contributed by atoms with Gasteiger partial charge in [0.25, 0.3) is 0 Å². The van der Waals surface area contributed by atoms with E-state index in [1.165, 1.54) is 43.7 Å². The molecule has 0 radical (unpaired) electrons. The van der Waals surface area contributed by atoms with E-state index in [1.54, 1.807) is 0 Å². The Kier molecular flexibility index (Phi) is 3.19. The summed E-state index contributed by atoms with van der Waals surface area (Å²) in [5.74, 6) is 2.93. The second-order valence-electron chi connectivity index (χ2n) is 5.68. The molecule has 0 bridgehead atoms. The summed E-state index contributed by atoms with van der Waals surface area (Å²) >= 11 is 0. The molecule has 0 aromatic carbocycles. The maximum Gasteiger partial charge on any atom is 0.109 e. The zero-order chi connectivity index (χ0) is 11.7. The van der Waals surface area contributed by atoms with Gasteiger partial charge in [0.2, 0.25) is 0 Å². The Morgan fingerprint density at radius 1 is 1.35 bits per heavy atom. The van der Waals surface area contributed by atoms with Crippen molar-refractivity contribution in [2.45, 2.75) is 45.6 Å². The lowest BCUT2D eigenvalue weighted by molar-refractivity contribution is 0.0656. The third kappa shape index (κ3) is 2.39. The van der Waals surface area contributed by atoms with Crippen molar-refractivity contribution in [3.05, 3.63) is 17.7 Å². The van der Waals surface area contributed by atoms with Gasteiger partial charge >= 0.3 is 0 Å². The first-order valence-corrected chi connectivity index (χ1v) is 6.94. The third-order valence-corrected chi connectivity index (χ3v) is 4.24. The molecular formula is C14H22N2O. The van der Waals surface area contributed by atoms with Crippen LogP contribution in [0.3, 0.4) is 0 Å². The van der Waals surface area contributed by atoms with Crippen LogP contribution in [0.25, 0.3) is 0 Å². The minimum absolute atomic E-state index is 0.787. The van der Waals surface area contributed by atoms with Crippen molar-refractivity contribution in [3.63, 3.8) is 0 Å². The van der Waals surface area contributed by atoms with Gasteiger partial charge in [-0.15, -0.1) is 0 Å². The topological polar surface area (TPSA) is 27.1 Å². The van der Waals surface area contributed by atoms with Gasteiger partial charge in [-0.1, -0.05) is 6.92 Å². The molecular weight excluding hydrogens is 212 g/mol. The predicted molar refractivity (Wildman–Crippen MR) is 67.0 cm³/mol. The van der Waals surface area contributed by atoms with Crippen molar-refractivity contribution in [1.82, 2.24) is 9.55 Å². The maximum atomic E-state index is 5.42. The smallest absolute Gasteiger partial charge is 0.109 e. The molecule has 3 heterocycles. The van der Waals surface area contributed by atoms with Crippen LogP contribution in [0.1, 0.15) is 37.7 Å². The molecule has 1 fully saturated rings. The lowest BCUT2D eigenvalue weighted by Crippen LogP contribution is -2.22. The molecule has 0 aliphatic carbocycles. The number of hydrogen-bond donors (Lipinski definition) is 0. The van der Waals surface area contributed by atoms with E-state index in [-0.39, 0.29) is 0 Å². The SMILES string of the molecule is CC1CCn2c(cnc2CC2CCOCC2)C1. The Morgan fingerprint density at radius 2 is 2.18 bits per heavy atom. The van der Waals surface area contributed by atoms with Crippen LogP contribution in [0.5, 0.6) is 0 Å². The summed E-state index contributed by atoms with van der Waals surface area (Å²) in [5.41, 5.74) is 1.45. The molecule has 2 aliphatic rings. The monoisotopic (exact) mass is 234 g/mol. The van der Waals surface area contributed by atoms with Gasteiger partial charge < -0.3 is 9.30 Å². The number of hydrogen-bond acceptors (Lipinski definition) is 2. The maximum absolute atomic E-state index is 5.42. The summed E-state index contributed by atoms with van der Waals surface area (Å²) < 4.78 is 7.89. The third-order valence-electron chi connectivity index (χ3n) is 4.24. The van der Waals surface area contributed by atoms with Gasteiger partial charge in [-0.2, -0.15) is 0 Å². The molecule has 0 N–H and O–H groups in total. The van der Waals surface area contributed by atoms with Crippen molar-refractivity contribution in [1.29, 1.82) is 0 Å². The average Bonchev–Trinajstić information content (AvgIpc) is 2.73. The molecule has 0 spiro atoms. The van der Waals surface area contributed by atoms with E-state index in [9.17, 15) is 0 Å². The first-order chi connectivity index (χ1) is 8.33. The number of nitrogens with zero attached hydrogens (tertiary/aromatic N) is 2. The molecule has 94 valence electrons. The van der Waals surface area contributed by atoms with E-state index in [0.717, 1.165) is 31.5 Å². The van der Waals surface area contributed by atoms with Crippen LogP contribution < -0.4 is 0 Å². The summed E-state index contributed by atoms with van der Waals surface area (Å²) in [6.45, 7) is 5.40. The van der Waals surface area contributed by atoms with Gasteiger partial charge in [0.1, 0.15) is 5.82 Å². The first kappa shape index (κ1) is 11.3. The molecule has 0 amide bonds. The van der Waals surface area contributed by atoms with E-state index in [1.807, 2.05) is 0 Å². The van der Waals surface area contributed by atoms with E-state index >= 15 is 0 Å². The van der Waals surface area contributed by atoms with Crippen LogP contribution in [0.2, 0.25) is 0 Å². The zero-order valence-electron chi connectivity index (χ0n) is 10.7. The highest BCUT2D eigenvalue weighted by Gasteiger charge is 2.21. The average molecular weight is 234 g/mol. The molecule has 2 aliphatic heterocycles. The fraction of sp³-hybridized carbons (Fsp3) is 0.786. The summed E-state index contributed by atoms with van der Waals surface area (Å²) in [7, 11) is 0. The minimum atomic E-state index is 0.787. The Hall–Kier alpha value is -0.830. The van der Waals surface area contributed by atoms with Crippen LogP contribution >= 0.6 is 0 Å². The second kappa shape index (κ2) is 4.81. The van der Waals surface area contributed by atoms with Crippen LogP contribution in [-0.4, -0.2) is 22.8 Å². The quantitative estimate of drug-likeness (QED) is 0.786. The molecule has 1 atom stereocenters. The number of imidazole rings is 1. The lowest BCUT2D eigenvalue weighted by atomic mass is 9.95. The standard InChI is InChI=1S/C14H22N2O/c1-11-2-5-16-13(8-11)10-15-14(16)9-12-3-6-17-7-4-12/h10-12H,2-9H2,1H3. The predicted octanol–water partition coefficient (Wildman–Crippen LogP) is 2.43. The van der Waals surface area contributed by atoms with Crippen LogP contribution in [0.15, 0.2) is 6.20 Å². The highest BCUT2D eigenvalue weighted by molar-refractivity contribution is 5.09. The largest absolute Gasteiger partial charge is 0.381 e. The Morgan fingerprint density at radius 3 is 3.00 bits per heavy atom. The van der Waals surface area contributed by atoms with Gasteiger partial charge in [-0.25, -0.2) is 4.98 Å². The van der Waals surface area contributed by atoms with Crippen LogP contribution in [-0.2, 0) is 24.1 Å². The van der Waals surface area contributed by atoms with Gasteiger partial charge in [0.05, 0.1) is 0 Å². The summed E-state index contributed by atoms with van der Waals surface area (Å²) in [4.78, 5) is 4.65. The fourth-order valence-corrected chi connectivity index (χ4v) is 3.07. The molecule has 0 saturated carbocycles. The molecule has 1 saturated heterocycles. The Bertz CT molecular complexity index is 380. The van der Waals surface area contributed by atoms with Crippen LogP contribution in [0, 0.1) is 11.8 Å². The summed E-state index contributed by atoms with van der Waals surface area (Å²) in [6, 6.07) is 0. The Labute approximate surface area is 103 Å². The van der Waals surface area contributed by atoms with Gasteiger partial charge in [-0.05, 0) is 37.5 Å². The molecule has 3 rings (SSSR count). The molecule has 1 aromatic rings. The number of fused-ring (bicyclic) bond motifs is 1. The van der Waals surface area contributed by atoms with Crippen molar-refractivity contribution >= 4 is 0 Å². The molecule has 1 unspecified atom stereocenters. The molecule has 1 aromatic heterocycles.